The van der Waals surface area contributed by atoms with E-state index in [9.17, 15) is 15.8 Å². The molecular weight excluding hydrogens is 554 g/mol. The van der Waals surface area contributed by atoms with Crippen molar-refractivity contribution >= 4 is 65.6 Å². The van der Waals surface area contributed by atoms with Gasteiger partial charge in [-0.2, -0.15) is 15.8 Å². The summed E-state index contributed by atoms with van der Waals surface area (Å²) in [5, 5.41) is 35.0. The Balaban J connectivity index is 1.39. The molecule has 6 nitrogen and oxygen atoms in total. The molecule has 206 valence electrons. The predicted molar refractivity (Wildman–Crippen MR) is 177 cm³/mol. The van der Waals surface area contributed by atoms with Crippen molar-refractivity contribution in [2.75, 3.05) is 0 Å². The molecule has 6 aromatic carbocycles. The minimum atomic E-state index is 0.506. The Hall–Kier alpha value is -6.81. The minimum absolute atomic E-state index is 0.506. The van der Waals surface area contributed by atoms with Crippen LogP contribution in [0.3, 0.4) is 0 Å². The zero-order chi connectivity index (χ0) is 30.2. The predicted octanol–water partition coefficient (Wildman–Crippen LogP) is 9.40. The molecular formula is C39H19N5O. The van der Waals surface area contributed by atoms with Gasteiger partial charge in [-0.1, -0.05) is 36.4 Å². The number of aromatic nitrogens is 2. The molecule has 0 radical (unpaired) electrons. The van der Waals surface area contributed by atoms with Crippen LogP contribution in [0.5, 0.6) is 0 Å². The standard InChI is InChI=1S/C39H19N5O/c40-20-23-11-14-34-31(17-23)32-18-24(21-41)12-15-35(32)43(34)26-6-4-7-27(19-26)44-33-10-2-1-8-28(33)29-13-16-36-37(38(29)44)30-9-3-5-25(22-42)39(30)45-36/h1-19H. The van der Waals surface area contributed by atoms with E-state index < -0.39 is 0 Å². The van der Waals surface area contributed by atoms with Crippen molar-refractivity contribution in [1.82, 2.24) is 9.13 Å². The van der Waals surface area contributed by atoms with Crippen molar-refractivity contribution in [3.63, 3.8) is 0 Å². The molecule has 9 rings (SSSR count). The maximum atomic E-state index is 9.80. The summed E-state index contributed by atoms with van der Waals surface area (Å²) in [6, 6.07) is 44.7. The highest BCUT2D eigenvalue weighted by Crippen LogP contribution is 2.42. The number of fused-ring (bicyclic) bond motifs is 10. The quantitative estimate of drug-likeness (QED) is 0.206. The van der Waals surface area contributed by atoms with Gasteiger partial charge >= 0.3 is 0 Å². The third kappa shape index (κ3) is 3.35. The highest BCUT2D eigenvalue weighted by atomic mass is 16.3. The van der Waals surface area contributed by atoms with Gasteiger partial charge < -0.3 is 13.6 Å². The van der Waals surface area contributed by atoms with E-state index in [0.717, 1.165) is 71.3 Å². The number of furan rings is 1. The number of hydrogen-bond donors (Lipinski definition) is 0. The maximum absolute atomic E-state index is 9.80. The summed E-state index contributed by atoms with van der Waals surface area (Å²) in [4.78, 5) is 0. The first-order valence-corrected chi connectivity index (χ1v) is 14.5. The van der Waals surface area contributed by atoms with Gasteiger partial charge in [0.2, 0.25) is 0 Å². The summed E-state index contributed by atoms with van der Waals surface area (Å²) in [6.45, 7) is 0. The Morgan fingerprint density at radius 3 is 1.84 bits per heavy atom. The normalized spacial score (nSPS) is 11.5. The number of para-hydroxylation sites is 2. The van der Waals surface area contributed by atoms with Crippen LogP contribution in [0.15, 0.2) is 120 Å². The molecule has 3 heterocycles. The van der Waals surface area contributed by atoms with E-state index in [1.54, 1.807) is 6.07 Å². The van der Waals surface area contributed by atoms with Crippen molar-refractivity contribution in [2.45, 2.75) is 0 Å². The molecule has 0 saturated heterocycles. The van der Waals surface area contributed by atoms with Gasteiger partial charge in [0.15, 0.2) is 5.58 Å². The lowest BCUT2D eigenvalue weighted by atomic mass is 10.1. The fourth-order valence-corrected chi connectivity index (χ4v) is 6.91. The van der Waals surface area contributed by atoms with Gasteiger partial charge in [-0.3, -0.25) is 0 Å². The fraction of sp³-hybridized carbons (Fsp3) is 0. The molecule has 0 unspecified atom stereocenters. The van der Waals surface area contributed by atoms with E-state index in [-0.39, 0.29) is 0 Å². The molecule has 0 aliphatic rings. The smallest absolute Gasteiger partial charge is 0.153 e. The highest BCUT2D eigenvalue weighted by Gasteiger charge is 2.21. The molecule has 45 heavy (non-hydrogen) atoms. The Labute approximate surface area is 256 Å². The van der Waals surface area contributed by atoms with Crippen LogP contribution in [-0.4, -0.2) is 9.13 Å². The van der Waals surface area contributed by atoms with Crippen molar-refractivity contribution in [3.8, 4) is 29.6 Å². The molecule has 0 bridgehead atoms. The third-order valence-electron chi connectivity index (χ3n) is 8.78. The lowest BCUT2D eigenvalue weighted by Gasteiger charge is -2.13. The number of nitriles is 3. The first-order valence-electron chi connectivity index (χ1n) is 14.5. The van der Waals surface area contributed by atoms with Crippen LogP contribution in [-0.2, 0) is 0 Å². The molecule has 0 spiro atoms. The van der Waals surface area contributed by atoms with Crippen LogP contribution in [0, 0.1) is 34.0 Å². The first kappa shape index (κ1) is 24.8. The van der Waals surface area contributed by atoms with Crippen LogP contribution < -0.4 is 0 Å². The van der Waals surface area contributed by atoms with Gasteiger partial charge in [-0.25, -0.2) is 0 Å². The monoisotopic (exact) mass is 573 g/mol. The van der Waals surface area contributed by atoms with Gasteiger partial charge in [0, 0.05) is 38.3 Å². The fourth-order valence-electron chi connectivity index (χ4n) is 6.91. The van der Waals surface area contributed by atoms with Crippen LogP contribution in [0.2, 0.25) is 0 Å². The van der Waals surface area contributed by atoms with Crippen LogP contribution in [0.1, 0.15) is 16.7 Å². The average molecular weight is 574 g/mol. The Morgan fingerprint density at radius 1 is 0.489 bits per heavy atom. The van der Waals surface area contributed by atoms with Crippen LogP contribution >= 0.6 is 0 Å². The summed E-state index contributed by atoms with van der Waals surface area (Å²) in [5.74, 6) is 0. The summed E-state index contributed by atoms with van der Waals surface area (Å²) in [7, 11) is 0. The van der Waals surface area contributed by atoms with E-state index in [1.165, 1.54) is 0 Å². The largest absolute Gasteiger partial charge is 0.455 e. The van der Waals surface area contributed by atoms with Crippen molar-refractivity contribution in [1.29, 1.82) is 15.8 Å². The molecule has 3 aromatic heterocycles. The molecule has 0 N–H and O–H groups in total. The molecule has 0 aliphatic carbocycles. The van der Waals surface area contributed by atoms with E-state index in [2.05, 4.69) is 75.9 Å². The van der Waals surface area contributed by atoms with Crippen molar-refractivity contribution in [2.24, 2.45) is 0 Å². The van der Waals surface area contributed by atoms with E-state index in [1.807, 2.05) is 60.7 Å². The number of hydrogen-bond acceptors (Lipinski definition) is 4. The maximum Gasteiger partial charge on any atom is 0.153 e. The zero-order valence-corrected chi connectivity index (χ0v) is 23.6. The van der Waals surface area contributed by atoms with Gasteiger partial charge in [0.1, 0.15) is 11.7 Å². The molecule has 0 aliphatic heterocycles. The third-order valence-corrected chi connectivity index (χ3v) is 8.78. The SMILES string of the molecule is N#Cc1ccc2c(c1)c1cc(C#N)ccc1n2-c1cccc(-n2c3ccccc3c3ccc4oc5c(C#N)cccc5c4c32)c1. The van der Waals surface area contributed by atoms with Gasteiger partial charge in [-0.05, 0) is 78.9 Å². The second-order valence-electron chi connectivity index (χ2n) is 11.1. The summed E-state index contributed by atoms with van der Waals surface area (Å²) >= 11 is 0. The topological polar surface area (TPSA) is 94.4 Å². The average Bonchev–Trinajstić information content (AvgIpc) is 3.75. The Morgan fingerprint density at radius 2 is 1.13 bits per heavy atom. The number of nitrogens with zero attached hydrogens (tertiary/aromatic N) is 5. The number of benzene rings is 6. The molecule has 0 saturated carbocycles. The lowest BCUT2D eigenvalue weighted by Crippen LogP contribution is -1.99. The summed E-state index contributed by atoms with van der Waals surface area (Å²) < 4.78 is 10.8. The second-order valence-corrected chi connectivity index (χ2v) is 11.1. The second kappa shape index (κ2) is 9.09. The van der Waals surface area contributed by atoms with Gasteiger partial charge in [0.05, 0.1) is 56.3 Å². The molecule has 0 fully saturated rings. The molecule has 9 aromatic rings. The van der Waals surface area contributed by atoms with Crippen molar-refractivity contribution in [3.05, 3.63) is 132 Å². The van der Waals surface area contributed by atoms with Gasteiger partial charge in [-0.15, -0.1) is 0 Å². The summed E-state index contributed by atoms with van der Waals surface area (Å²) in [5.41, 5.74) is 8.84. The van der Waals surface area contributed by atoms with Crippen LogP contribution in [0.4, 0.5) is 0 Å². The molecule has 6 heteroatoms. The van der Waals surface area contributed by atoms with Crippen molar-refractivity contribution < 1.29 is 4.42 Å². The van der Waals surface area contributed by atoms with E-state index >= 15 is 0 Å². The van der Waals surface area contributed by atoms with Crippen LogP contribution in [0.25, 0.3) is 76.9 Å². The van der Waals surface area contributed by atoms with Gasteiger partial charge in [0.25, 0.3) is 0 Å². The van der Waals surface area contributed by atoms with E-state index in [0.29, 0.717) is 22.3 Å². The lowest BCUT2D eigenvalue weighted by molar-refractivity contribution is 0.668. The zero-order valence-electron chi connectivity index (χ0n) is 23.6. The molecule has 0 atom stereocenters. The highest BCUT2D eigenvalue weighted by molar-refractivity contribution is 6.25. The number of rotatable bonds is 2. The van der Waals surface area contributed by atoms with E-state index in [4.69, 9.17) is 4.42 Å². The minimum Gasteiger partial charge on any atom is -0.455 e. The Kier molecular flexibility index (Phi) is 5.00. The molecule has 0 amide bonds. The summed E-state index contributed by atoms with van der Waals surface area (Å²) in [6.07, 6.45) is 0. The Bertz CT molecular complexity index is 2790. The first-order chi connectivity index (χ1) is 22.2.